The second kappa shape index (κ2) is 10.4. The van der Waals surface area contributed by atoms with Crippen molar-refractivity contribution in [1.29, 1.82) is 0 Å². The molecule has 0 radical (unpaired) electrons. The molecule has 2 aromatic carbocycles. The highest BCUT2D eigenvalue weighted by Crippen LogP contribution is 2.28. The van der Waals surface area contributed by atoms with Crippen LogP contribution in [0.4, 0.5) is 0 Å². The molecule has 26 heavy (non-hydrogen) atoms. The van der Waals surface area contributed by atoms with Gasteiger partial charge in [0.05, 0.1) is 7.11 Å². The molecule has 4 nitrogen and oxygen atoms in total. The van der Waals surface area contributed by atoms with E-state index in [1.165, 1.54) is 0 Å². The Morgan fingerprint density at radius 3 is 2.35 bits per heavy atom. The van der Waals surface area contributed by atoms with Crippen LogP contribution in [0.2, 0.25) is 0 Å². The Balaban J connectivity index is 0.00000243. The summed E-state index contributed by atoms with van der Waals surface area (Å²) in [7, 11) is 1.66. The van der Waals surface area contributed by atoms with Gasteiger partial charge in [0, 0.05) is 25.5 Å². The van der Waals surface area contributed by atoms with E-state index in [2.05, 4.69) is 22.4 Å². The Morgan fingerprint density at radius 2 is 1.62 bits per heavy atom. The van der Waals surface area contributed by atoms with E-state index in [0.29, 0.717) is 6.61 Å². The number of nitrogens with one attached hydrogen (secondary N) is 1. The van der Waals surface area contributed by atoms with Gasteiger partial charge in [-0.2, -0.15) is 0 Å². The first-order chi connectivity index (χ1) is 12.3. The Kier molecular flexibility index (Phi) is 7.93. The second-order valence-electron chi connectivity index (χ2n) is 5.72. The van der Waals surface area contributed by atoms with Crippen LogP contribution in [0.15, 0.2) is 73.1 Å². The van der Waals surface area contributed by atoms with E-state index in [4.69, 9.17) is 9.47 Å². The number of rotatable bonds is 8. The van der Waals surface area contributed by atoms with Crippen molar-refractivity contribution >= 4 is 0 Å². The van der Waals surface area contributed by atoms with Crippen molar-refractivity contribution in [1.82, 2.24) is 10.3 Å². The first kappa shape index (κ1) is 19.8. The number of methoxy groups -OCH3 is 1. The first-order valence-electron chi connectivity index (χ1n) is 8.28. The van der Waals surface area contributed by atoms with Crippen molar-refractivity contribution < 1.29 is 21.9 Å². The maximum atomic E-state index is 5.89. The monoisotopic (exact) mass is 369 g/mol. The smallest absolute Gasteiger partial charge is 0.161 e. The van der Waals surface area contributed by atoms with Crippen LogP contribution in [0.1, 0.15) is 16.7 Å². The van der Waals surface area contributed by atoms with E-state index < -0.39 is 0 Å². The third kappa shape index (κ3) is 5.76. The molecule has 3 aromatic rings. The summed E-state index contributed by atoms with van der Waals surface area (Å²) in [6.45, 7) is 2.06. The van der Waals surface area contributed by atoms with Crippen molar-refractivity contribution in [3.8, 4) is 11.5 Å². The molecular formula is C21H22ClN2O2-. The van der Waals surface area contributed by atoms with Gasteiger partial charge in [0.15, 0.2) is 11.5 Å². The predicted molar refractivity (Wildman–Crippen MR) is 98.5 cm³/mol. The van der Waals surface area contributed by atoms with Crippen LogP contribution >= 0.6 is 0 Å². The molecule has 1 N–H and O–H groups in total. The minimum atomic E-state index is 0. The van der Waals surface area contributed by atoms with Gasteiger partial charge in [-0.25, -0.2) is 0 Å². The summed E-state index contributed by atoms with van der Waals surface area (Å²) in [5, 5.41) is 3.41. The minimum absolute atomic E-state index is 0. The average Bonchev–Trinajstić information content (AvgIpc) is 2.68. The SMILES string of the molecule is COc1cc(CNCc2cccnc2)ccc1OCc1ccccc1.[Cl-]. The molecule has 5 heteroatoms. The van der Waals surface area contributed by atoms with E-state index in [1.54, 1.807) is 13.3 Å². The Bertz CT molecular complexity index is 783. The number of hydrogen-bond donors (Lipinski definition) is 1. The average molecular weight is 370 g/mol. The maximum Gasteiger partial charge on any atom is 0.161 e. The van der Waals surface area contributed by atoms with Crippen LogP contribution in [0.5, 0.6) is 11.5 Å². The summed E-state index contributed by atoms with van der Waals surface area (Å²) < 4.78 is 11.4. The molecule has 1 aromatic heterocycles. The van der Waals surface area contributed by atoms with E-state index in [9.17, 15) is 0 Å². The fraction of sp³-hybridized carbons (Fsp3) is 0.190. The Hall–Kier alpha value is -2.56. The lowest BCUT2D eigenvalue weighted by Crippen LogP contribution is -3.00. The fourth-order valence-electron chi connectivity index (χ4n) is 2.53. The van der Waals surface area contributed by atoms with Crippen molar-refractivity contribution in [2.75, 3.05) is 7.11 Å². The molecule has 0 amide bonds. The van der Waals surface area contributed by atoms with E-state index in [-0.39, 0.29) is 12.4 Å². The zero-order chi connectivity index (χ0) is 17.3. The number of halogens is 1. The standard InChI is InChI=1S/C21H22N2O2.ClH/c1-24-21-12-18(13-23-15-19-8-5-11-22-14-19)9-10-20(21)25-16-17-6-3-2-4-7-17;/h2-12,14,23H,13,15-16H2,1H3;1H/p-1. The van der Waals surface area contributed by atoms with Crippen LogP contribution < -0.4 is 27.2 Å². The molecular weight excluding hydrogens is 348 g/mol. The third-order valence-corrected chi connectivity index (χ3v) is 3.85. The molecule has 0 aliphatic heterocycles. The predicted octanol–water partition coefficient (Wildman–Crippen LogP) is 0.963. The van der Waals surface area contributed by atoms with Crippen LogP contribution in [0, 0.1) is 0 Å². The van der Waals surface area contributed by atoms with Gasteiger partial charge in [-0.05, 0) is 34.9 Å². The van der Waals surface area contributed by atoms with E-state index in [0.717, 1.165) is 41.3 Å². The highest BCUT2D eigenvalue weighted by atomic mass is 35.5. The molecule has 0 saturated carbocycles. The van der Waals surface area contributed by atoms with Crippen LogP contribution in [0.3, 0.4) is 0 Å². The summed E-state index contributed by atoms with van der Waals surface area (Å²) >= 11 is 0. The van der Waals surface area contributed by atoms with E-state index >= 15 is 0 Å². The summed E-state index contributed by atoms with van der Waals surface area (Å²) in [5.41, 5.74) is 3.44. The third-order valence-electron chi connectivity index (χ3n) is 3.85. The number of aromatic nitrogens is 1. The summed E-state index contributed by atoms with van der Waals surface area (Å²) in [4.78, 5) is 4.12. The quantitative estimate of drug-likeness (QED) is 0.642. The topological polar surface area (TPSA) is 43.4 Å². The summed E-state index contributed by atoms with van der Waals surface area (Å²) in [5.74, 6) is 1.50. The van der Waals surface area contributed by atoms with E-state index in [1.807, 2.05) is 54.7 Å². The van der Waals surface area contributed by atoms with Crippen LogP contribution in [0.25, 0.3) is 0 Å². The summed E-state index contributed by atoms with van der Waals surface area (Å²) in [6, 6.07) is 20.1. The zero-order valence-corrected chi connectivity index (χ0v) is 15.4. The van der Waals surface area contributed by atoms with Gasteiger partial charge in [0.25, 0.3) is 0 Å². The van der Waals surface area contributed by atoms with Gasteiger partial charge in [0.2, 0.25) is 0 Å². The van der Waals surface area contributed by atoms with Gasteiger partial charge in [-0.1, -0.05) is 42.5 Å². The van der Waals surface area contributed by atoms with Crippen molar-refractivity contribution in [2.45, 2.75) is 19.7 Å². The molecule has 0 saturated heterocycles. The molecule has 0 atom stereocenters. The zero-order valence-electron chi connectivity index (χ0n) is 14.7. The second-order valence-corrected chi connectivity index (χ2v) is 5.72. The van der Waals surface area contributed by atoms with Crippen LogP contribution in [-0.4, -0.2) is 12.1 Å². The van der Waals surface area contributed by atoms with Gasteiger partial charge in [0.1, 0.15) is 6.61 Å². The van der Waals surface area contributed by atoms with Gasteiger partial charge < -0.3 is 27.2 Å². The number of nitrogens with zero attached hydrogens (tertiary/aromatic N) is 1. The highest BCUT2D eigenvalue weighted by molar-refractivity contribution is 5.43. The number of pyridine rings is 1. The molecule has 0 fully saturated rings. The Labute approximate surface area is 160 Å². The lowest BCUT2D eigenvalue weighted by Gasteiger charge is -2.13. The number of ether oxygens (including phenoxy) is 2. The molecule has 0 aliphatic rings. The molecule has 0 unspecified atom stereocenters. The molecule has 0 spiro atoms. The molecule has 136 valence electrons. The van der Waals surface area contributed by atoms with Crippen molar-refractivity contribution in [3.05, 3.63) is 89.7 Å². The van der Waals surface area contributed by atoms with Gasteiger partial charge in [-0.3, -0.25) is 4.98 Å². The normalized spacial score (nSPS) is 10.0. The Morgan fingerprint density at radius 1 is 0.846 bits per heavy atom. The molecule has 0 bridgehead atoms. The fourth-order valence-corrected chi connectivity index (χ4v) is 2.53. The maximum absolute atomic E-state index is 5.89. The van der Waals surface area contributed by atoms with Gasteiger partial charge in [-0.15, -0.1) is 0 Å². The largest absolute Gasteiger partial charge is 1.00 e. The number of benzene rings is 2. The summed E-state index contributed by atoms with van der Waals surface area (Å²) in [6.07, 6.45) is 3.65. The lowest BCUT2D eigenvalue weighted by atomic mass is 10.2. The highest BCUT2D eigenvalue weighted by Gasteiger charge is 2.06. The lowest BCUT2D eigenvalue weighted by molar-refractivity contribution is -0.00000569. The first-order valence-corrected chi connectivity index (χ1v) is 8.28. The molecule has 3 rings (SSSR count). The van der Waals surface area contributed by atoms with Crippen molar-refractivity contribution in [2.24, 2.45) is 0 Å². The molecule has 1 heterocycles. The number of hydrogen-bond acceptors (Lipinski definition) is 4. The minimum Gasteiger partial charge on any atom is -1.00 e. The van der Waals surface area contributed by atoms with Gasteiger partial charge >= 0.3 is 0 Å². The van der Waals surface area contributed by atoms with Crippen LogP contribution in [-0.2, 0) is 19.7 Å². The molecule has 0 aliphatic carbocycles. The van der Waals surface area contributed by atoms with Crippen molar-refractivity contribution in [3.63, 3.8) is 0 Å².